The summed E-state index contributed by atoms with van der Waals surface area (Å²) in [5, 5.41) is 3.26. The van der Waals surface area contributed by atoms with E-state index in [1.165, 1.54) is 16.3 Å². The SMILES string of the molecule is Cc1ccc(Cl)c2[nH]c3ccccc3c12. The first-order valence-electron chi connectivity index (χ1n) is 4.93. The molecule has 0 bridgehead atoms. The van der Waals surface area contributed by atoms with Crippen molar-refractivity contribution >= 4 is 33.4 Å². The summed E-state index contributed by atoms with van der Waals surface area (Å²) < 4.78 is 0. The zero-order chi connectivity index (χ0) is 10.4. The van der Waals surface area contributed by atoms with Crippen molar-refractivity contribution in [2.75, 3.05) is 0 Å². The predicted molar refractivity (Wildman–Crippen MR) is 65.6 cm³/mol. The van der Waals surface area contributed by atoms with Gasteiger partial charge >= 0.3 is 0 Å². The van der Waals surface area contributed by atoms with E-state index in [9.17, 15) is 0 Å². The summed E-state index contributed by atoms with van der Waals surface area (Å²) in [5.41, 5.74) is 3.44. The number of para-hydroxylation sites is 1. The fraction of sp³-hybridized carbons (Fsp3) is 0.0769. The average Bonchev–Trinajstić information content (AvgIpc) is 2.64. The van der Waals surface area contributed by atoms with Crippen LogP contribution < -0.4 is 0 Å². The molecule has 0 saturated heterocycles. The molecule has 0 spiro atoms. The molecule has 0 aliphatic carbocycles. The number of fused-ring (bicyclic) bond motifs is 3. The molecule has 0 aliphatic heterocycles. The second kappa shape index (κ2) is 3.01. The van der Waals surface area contributed by atoms with Crippen LogP contribution in [0.4, 0.5) is 0 Å². The molecule has 0 fully saturated rings. The average molecular weight is 216 g/mol. The lowest BCUT2D eigenvalue weighted by atomic mass is 10.1. The number of rotatable bonds is 0. The topological polar surface area (TPSA) is 15.8 Å². The number of hydrogen-bond donors (Lipinski definition) is 1. The Bertz CT molecular complexity index is 652. The first-order valence-corrected chi connectivity index (χ1v) is 5.30. The van der Waals surface area contributed by atoms with E-state index < -0.39 is 0 Å². The van der Waals surface area contributed by atoms with Gasteiger partial charge in [0, 0.05) is 16.3 Å². The van der Waals surface area contributed by atoms with Crippen LogP contribution >= 0.6 is 11.6 Å². The molecule has 3 rings (SSSR count). The molecule has 74 valence electrons. The zero-order valence-corrected chi connectivity index (χ0v) is 9.10. The Morgan fingerprint density at radius 1 is 1.07 bits per heavy atom. The Morgan fingerprint density at radius 3 is 2.73 bits per heavy atom. The number of halogens is 1. The first-order chi connectivity index (χ1) is 7.27. The third kappa shape index (κ3) is 1.17. The lowest BCUT2D eigenvalue weighted by Gasteiger charge is -1.98. The molecule has 0 saturated carbocycles. The summed E-state index contributed by atoms with van der Waals surface area (Å²) in [4.78, 5) is 3.36. The van der Waals surface area contributed by atoms with Gasteiger partial charge in [0.2, 0.25) is 0 Å². The summed E-state index contributed by atoms with van der Waals surface area (Å²) >= 11 is 6.17. The molecule has 1 nitrogen and oxygen atoms in total. The third-order valence-electron chi connectivity index (χ3n) is 2.82. The predicted octanol–water partition coefficient (Wildman–Crippen LogP) is 4.28. The number of aromatic amines is 1. The van der Waals surface area contributed by atoms with Crippen molar-refractivity contribution < 1.29 is 0 Å². The summed E-state index contributed by atoms with van der Waals surface area (Å²) in [6.07, 6.45) is 0. The van der Waals surface area contributed by atoms with Crippen molar-refractivity contribution in [2.45, 2.75) is 6.92 Å². The van der Waals surface area contributed by atoms with Gasteiger partial charge in [-0.1, -0.05) is 35.9 Å². The van der Waals surface area contributed by atoms with Crippen LogP contribution in [-0.2, 0) is 0 Å². The Morgan fingerprint density at radius 2 is 1.87 bits per heavy atom. The van der Waals surface area contributed by atoms with Gasteiger partial charge in [-0.05, 0) is 24.6 Å². The maximum Gasteiger partial charge on any atom is 0.0656 e. The molecule has 3 aromatic rings. The molecular weight excluding hydrogens is 206 g/mol. The number of hydrogen-bond acceptors (Lipinski definition) is 0. The van der Waals surface area contributed by atoms with Gasteiger partial charge in [-0.3, -0.25) is 0 Å². The highest BCUT2D eigenvalue weighted by Gasteiger charge is 2.08. The van der Waals surface area contributed by atoms with Gasteiger partial charge in [0.25, 0.3) is 0 Å². The van der Waals surface area contributed by atoms with Crippen LogP contribution in [0.25, 0.3) is 21.8 Å². The normalized spacial score (nSPS) is 11.3. The van der Waals surface area contributed by atoms with Crippen molar-refractivity contribution in [3.63, 3.8) is 0 Å². The minimum atomic E-state index is 0.784. The molecule has 0 unspecified atom stereocenters. The number of nitrogens with one attached hydrogen (secondary N) is 1. The second-order valence-electron chi connectivity index (χ2n) is 3.78. The Hall–Kier alpha value is -1.47. The van der Waals surface area contributed by atoms with Gasteiger partial charge in [0.1, 0.15) is 0 Å². The standard InChI is InChI=1S/C13H10ClN/c1-8-6-7-10(14)13-12(8)9-4-2-3-5-11(9)15-13/h2-7,15H,1H3. The number of aromatic nitrogens is 1. The van der Waals surface area contributed by atoms with Crippen molar-refractivity contribution in [1.82, 2.24) is 4.98 Å². The van der Waals surface area contributed by atoms with Crippen molar-refractivity contribution in [3.8, 4) is 0 Å². The van der Waals surface area contributed by atoms with E-state index in [4.69, 9.17) is 11.6 Å². The molecule has 0 radical (unpaired) electrons. The van der Waals surface area contributed by atoms with Crippen LogP contribution in [0.15, 0.2) is 36.4 Å². The summed E-state index contributed by atoms with van der Waals surface area (Å²) in [6.45, 7) is 2.11. The highest BCUT2D eigenvalue weighted by Crippen LogP contribution is 2.32. The molecule has 1 aromatic heterocycles. The zero-order valence-electron chi connectivity index (χ0n) is 8.34. The Labute approximate surface area is 92.7 Å². The van der Waals surface area contributed by atoms with Gasteiger partial charge < -0.3 is 4.98 Å². The Kier molecular flexibility index (Phi) is 1.77. The summed E-state index contributed by atoms with van der Waals surface area (Å²) in [6, 6.07) is 12.3. The minimum Gasteiger partial charge on any atom is -0.353 e. The van der Waals surface area contributed by atoms with Crippen molar-refractivity contribution in [3.05, 3.63) is 47.0 Å². The minimum absolute atomic E-state index is 0.784. The quantitative estimate of drug-likeness (QED) is 0.576. The van der Waals surface area contributed by atoms with Crippen LogP contribution in [-0.4, -0.2) is 4.98 Å². The monoisotopic (exact) mass is 215 g/mol. The van der Waals surface area contributed by atoms with Crippen molar-refractivity contribution in [1.29, 1.82) is 0 Å². The van der Waals surface area contributed by atoms with Gasteiger partial charge in [0.05, 0.1) is 10.5 Å². The fourth-order valence-corrected chi connectivity index (χ4v) is 2.30. The van der Waals surface area contributed by atoms with Crippen LogP contribution in [0.3, 0.4) is 0 Å². The molecule has 1 heterocycles. The molecule has 0 aliphatic rings. The lowest BCUT2D eigenvalue weighted by Crippen LogP contribution is -1.75. The van der Waals surface area contributed by atoms with Crippen LogP contribution in [0.2, 0.25) is 5.02 Å². The highest BCUT2D eigenvalue weighted by molar-refractivity contribution is 6.36. The van der Waals surface area contributed by atoms with E-state index in [1.807, 2.05) is 12.1 Å². The second-order valence-corrected chi connectivity index (χ2v) is 4.19. The Balaban J connectivity index is 2.66. The molecule has 0 atom stereocenters. The molecular formula is C13H10ClN. The fourth-order valence-electron chi connectivity index (χ4n) is 2.10. The summed E-state index contributed by atoms with van der Waals surface area (Å²) in [7, 11) is 0. The van der Waals surface area contributed by atoms with Crippen molar-refractivity contribution in [2.24, 2.45) is 0 Å². The maximum absolute atomic E-state index is 6.17. The van der Waals surface area contributed by atoms with Crippen LogP contribution in [0.5, 0.6) is 0 Å². The molecule has 15 heavy (non-hydrogen) atoms. The number of aryl methyl sites for hydroxylation is 1. The lowest BCUT2D eigenvalue weighted by molar-refractivity contribution is 1.51. The third-order valence-corrected chi connectivity index (χ3v) is 3.13. The largest absolute Gasteiger partial charge is 0.353 e. The molecule has 0 amide bonds. The van der Waals surface area contributed by atoms with E-state index >= 15 is 0 Å². The molecule has 1 N–H and O–H groups in total. The smallest absolute Gasteiger partial charge is 0.0656 e. The van der Waals surface area contributed by atoms with Gasteiger partial charge in [-0.15, -0.1) is 0 Å². The van der Waals surface area contributed by atoms with Gasteiger partial charge in [-0.25, -0.2) is 0 Å². The summed E-state index contributed by atoms with van der Waals surface area (Å²) in [5.74, 6) is 0. The maximum atomic E-state index is 6.17. The van der Waals surface area contributed by atoms with E-state index in [1.54, 1.807) is 0 Å². The number of H-pyrrole nitrogens is 1. The highest BCUT2D eigenvalue weighted by atomic mass is 35.5. The van der Waals surface area contributed by atoms with E-state index in [-0.39, 0.29) is 0 Å². The van der Waals surface area contributed by atoms with Crippen LogP contribution in [0, 0.1) is 6.92 Å². The van der Waals surface area contributed by atoms with Gasteiger partial charge in [-0.2, -0.15) is 0 Å². The molecule has 2 heteroatoms. The molecule has 2 aromatic carbocycles. The van der Waals surface area contributed by atoms with Gasteiger partial charge in [0.15, 0.2) is 0 Å². The van der Waals surface area contributed by atoms with E-state index in [0.717, 1.165) is 16.1 Å². The first kappa shape index (κ1) is 8.81. The van der Waals surface area contributed by atoms with E-state index in [0.29, 0.717) is 0 Å². The number of benzene rings is 2. The van der Waals surface area contributed by atoms with Crippen LogP contribution in [0.1, 0.15) is 5.56 Å². The van der Waals surface area contributed by atoms with E-state index in [2.05, 4.69) is 36.2 Å².